The number of oxime groups is 1. The zero-order valence-corrected chi connectivity index (χ0v) is 13.6. The quantitative estimate of drug-likeness (QED) is 0.672. The van der Waals surface area contributed by atoms with Crippen LogP contribution in [0.25, 0.3) is 0 Å². The van der Waals surface area contributed by atoms with Gasteiger partial charge >= 0.3 is 16.4 Å². The molecule has 3 rings (SSSR count). The summed E-state index contributed by atoms with van der Waals surface area (Å²) in [7, 11) is -4.73. The molecule has 11 heteroatoms. The van der Waals surface area contributed by atoms with Gasteiger partial charge in [0.15, 0.2) is 5.60 Å². The molecule has 0 aliphatic carbocycles. The number of amides is 2. The van der Waals surface area contributed by atoms with E-state index >= 15 is 0 Å². The average Bonchev–Trinajstić information content (AvgIpc) is 3.10. The van der Waals surface area contributed by atoms with Gasteiger partial charge in [-0.25, -0.2) is 4.79 Å². The molecule has 2 atom stereocenters. The van der Waals surface area contributed by atoms with E-state index in [1.54, 1.807) is 6.92 Å². The predicted molar refractivity (Wildman–Crippen MR) is 78.9 cm³/mol. The Balaban J connectivity index is 1.71. The number of rotatable bonds is 4. The minimum atomic E-state index is -4.73. The molecule has 3 aliphatic rings. The Morgan fingerprint density at radius 1 is 1.57 bits per heavy atom. The summed E-state index contributed by atoms with van der Waals surface area (Å²) in [6.07, 6.45) is 1.96. The fourth-order valence-corrected chi connectivity index (χ4v) is 3.70. The molecular weight excluding hydrogens is 328 g/mol. The first-order chi connectivity index (χ1) is 10.8. The molecule has 3 aliphatic heterocycles. The summed E-state index contributed by atoms with van der Waals surface area (Å²) in [5, 5.41) is 8.08. The summed E-state index contributed by atoms with van der Waals surface area (Å²) in [4.78, 5) is 19.4. The van der Waals surface area contributed by atoms with E-state index in [1.807, 2.05) is 0 Å². The fourth-order valence-electron chi connectivity index (χ4n) is 3.33. The third kappa shape index (κ3) is 3.27. The third-order valence-corrected chi connectivity index (χ3v) is 4.78. The third-order valence-electron chi connectivity index (χ3n) is 4.41. The van der Waals surface area contributed by atoms with Crippen LogP contribution in [0, 0.1) is 0 Å². The van der Waals surface area contributed by atoms with Gasteiger partial charge in [0.05, 0.1) is 18.3 Å². The molecule has 1 unspecified atom stereocenters. The fraction of sp³-hybridized carbons (Fsp3) is 0.833. The standard InChI is InChI=1S/C12H20N4O6S/c1-2-15-10(3-6-16(11(15)17)22-23(18,19)20)9-7-12(21-14-9)4-5-13-8-12/h10,13H,2-8H2,1H3,(H,18,19,20)/t10-,12?/m0/s1. The van der Waals surface area contributed by atoms with Crippen LogP contribution in [0.3, 0.4) is 0 Å². The molecule has 0 radical (unpaired) electrons. The number of hydrogen-bond acceptors (Lipinski definition) is 7. The van der Waals surface area contributed by atoms with Gasteiger partial charge in [0.1, 0.15) is 0 Å². The van der Waals surface area contributed by atoms with Gasteiger partial charge in [0.25, 0.3) is 0 Å². The van der Waals surface area contributed by atoms with Gasteiger partial charge in [-0.3, -0.25) is 4.55 Å². The summed E-state index contributed by atoms with van der Waals surface area (Å²) in [5.41, 5.74) is 0.468. The van der Waals surface area contributed by atoms with Crippen molar-refractivity contribution < 1.29 is 26.9 Å². The maximum absolute atomic E-state index is 12.4. The highest BCUT2D eigenvalue weighted by molar-refractivity contribution is 7.80. The molecule has 10 nitrogen and oxygen atoms in total. The van der Waals surface area contributed by atoms with Crippen LogP contribution in [-0.4, -0.2) is 72.5 Å². The molecule has 0 saturated carbocycles. The number of nitrogens with one attached hydrogen (secondary N) is 1. The van der Waals surface area contributed by atoms with Crippen molar-refractivity contribution in [2.24, 2.45) is 5.16 Å². The van der Waals surface area contributed by atoms with Crippen LogP contribution in [0.15, 0.2) is 5.16 Å². The largest absolute Gasteiger partial charge is 0.418 e. The SMILES string of the molecule is CCN1C(=O)N(OS(=O)(=O)O)CC[C@H]1C1=NOC2(CCNC2)C1. The van der Waals surface area contributed by atoms with Gasteiger partial charge in [-0.1, -0.05) is 5.16 Å². The summed E-state index contributed by atoms with van der Waals surface area (Å²) in [6.45, 7) is 3.79. The van der Waals surface area contributed by atoms with Crippen LogP contribution >= 0.6 is 0 Å². The first kappa shape index (κ1) is 16.4. The zero-order chi connectivity index (χ0) is 16.7. The highest BCUT2D eigenvalue weighted by Crippen LogP contribution is 2.33. The molecule has 23 heavy (non-hydrogen) atoms. The Labute approximate surface area is 134 Å². The van der Waals surface area contributed by atoms with E-state index in [4.69, 9.17) is 9.39 Å². The van der Waals surface area contributed by atoms with E-state index in [2.05, 4.69) is 14.8 Å². The van der Waals surface area contributed by atoms with Crippen LogP contribution in [0.5, 0.6) is 0 Å². The van der Waals surface area contributed by atoms with Crippen molar-refractivity contribution in [2.45, 2.75) is 37.8 Å². The van der Waals surface area contributed by atoms with E-state index in [-0.39, 0.29) is 18.2 Å². The predicted octanol–water partition coefficient (Wildman–Crippen LogP) is -0.255. The van der Waals surface area contributed by atoms with Gasteiger partial charge in [-0.2, -0.15) is 13.5 Å². The number of carbonyl (C=O) groups excluding carboxylic acids is 1. The summed E-state index contributed by atoms with van der Waals surface area (Å²) < 4.78 is 34.7. The Kier molecular flexibility index (Phi) is 4.21. The Bertz CT molecular complexity index is 615. The lowest BCUT2D eigenvalue weighted by Gasteiger charge is -2.39. The first-order valence-corrected chi connectivity index (χ1v) is 8.91. The van der Waals surface area contributed by atoms with E-state index in [1.165, 1.54) is 4.90 Å². The summed E-state index contributed by atoms with van der Waals surface area (Å²) in [5.74, 6) is 0. The molecule has 1 spiro atoms. The summed E-state index contributed by atoms with van der Waals surface area (Å²) >= 11 is 0. The second kappa shape index (κ2) is 5.89. The van der Waals surface area contributed by atoms with Crippen LogP contribution in [0.1, 0.15) is 26.2 Å². The van der Waals surface area contributed by atoms with Crippen molar-refractivity contribution >= 4 is 22.1 Å². The van der Waals surface area contributed by atoms with E-state index in [0.717, 1.165) is 25.2 Å². The monoisotopic (exact) mass is 348 g/mol. The van der Waals surface area contributed by atoms with Crippen molar-refractivity contribution in [3.8, 4) is 0 Å². The van der Waals surface area contributed by atoms with Crippen molar-refractivity contribution in [3.63, 3.8) is 0 Å². The smallest absolute Gasteiger partial charge is 0.387 e. The maximum Gasteiger partial charge on any atom is 0.418 e. The first-order valence-electron chi connectivity index (χ1n) is 7.54. The second-order valence-electron chi connectivity index (χ2n) is 5.94. The van der Waals surface area contributed by atoms with E-state index < -0.39 is 16.4 Å². The summed E-state index contributed by atoms with van der Waals surface area (Å²) in [6, 6.07) is -0.872. The molecule has 3 heterocycles. The van der Waals surface area contributed by atoms with Gasteiger partial charge in [-0.15, -0.1) is 4.28 Å². The minimum absolute atomic E-state index is 0.0457. The molecule has 0 aromatic heterocycles. The average molecular weight is 348 g/mol. The number of hydrogen-bond donors (Lipinski definition) is 2. The lowest BCUT2D eigenvalue weighted by atomic mass is 9.91. The molecular formula is C12H20N4O6S. The molecule has 130 valence electrons. The number of carbonyl (C=O) groups is 1. The van der Waals surface area contributed by atoms with Gasteiger partial charge < -0.3 is 15.1 Å². The normalized spacial score (nSPS) is 31.7. The topological polar surface area (TPSA) is 121 Å². The van der Waals surface area contributed by atoms with Gasteiger partial charge in [-0.05, 0) is 19.9 Å². The van der Waals surface area contributed by atoms with Crippen molar-refractivity contribution in [2.75, 3.05) is 26.2 Å². The van der Waals surface area contributed by atoms with E-state index in [9.17, 15) is 13.2 Å². The zero-order valence-electron chi connectivity index (χ0n) is 12.8. The lowest BCUT2D eigenvalue weighted by molar-refractivity contribution is -0.0519. The molecule has 2 fully saturated rings. The highest BCUT2D eigenvalue weighted by Gasteiger charge is 2.46. The second-order valence-corrected chi connectivity index (χ2v) is 6.94. The van der Waals surface area contributed by atoms with Gasteiger partial charge in [0.2, 0.25) is 0 Å². The number of nitrogens with zero attached hydrogens (tertiary/aromatic N) is 3. The molecule has 2 saturated heterocycles. The van der Waals surface area contributed by atoms with Crippen LogP contribution in [-0.2, 0) is 19.5 Å². The van der Waals surface area contributed by atoms with Crippen LogP contribution in [0.2, 0.25) is 0 Å². The van der Waals surface area contributed by atoms with Crippen molar-refractivity contribution in [1.82, 2.24) is 15.3 Å². The molecule has 0 aromatic carbocycles. The number of urea groups is 1. The van der Waals surface area contributed by atoms with Crippen LogP contribution in [0.4, 0.5) is 4.79 Å². The Morgan fingerprint density at radius 3 is 2.96 bits per heavy atom. The number of hydroxylamine groups is 2. The molecule has 2 amide bonds. The molecule has 2 N–H and O–H groups in total. The lowest BCUT2D eigenvalue weighted by Crippen LogP contribution is -2.57. The van der Waals surface area contributed by atoms with E-state index in [0.29, 0.717) is 24.4 Å². The van der Waals surface area contributed by atoms with Crippen LogP contribution < -0.4 is 5.32 Å². The maximum atomic E-state index is 12.4. The highest BCUT2D eigenvalue weighted by atomic mass is 32.3. The van der Waals surface area contributed by atoms with Gasteiger partial charge in [0, 0.05) is 25.9 Å². The minimum Gasteiger partial charge on any atom is -0.387 e. The Hall–Kier alpha value is -1.43. The molecule has 0 aromatic rings. The molecule has 0 bridgehead atoms. The Morgan fingerprint density at radius 2 is 2.35 bits per heavy atom. The van der Waals surface area contributed by atoms with Crippen molar-refractivity contribution in [1.29, 1.82) is 0 Å². The van der Waals surface area contributed by atoms with Crippen molar-refractivity contribution in [3.05, 3.63) is 0 Å².